The standard InChI is InChI=1S/C26H8N6O4S3/c33-19-9-5-1-2-6-10(9)20(34)17(19)29-25-27-15-13-14(32-39-31-13)16-24(23(15)37-25)38-26(28-16)30-18-21(35)11-7-3-4-8-12(11)22(18)36/h1-8H. The Bertz CT molecular complexity index is 2380. The molecule has 0 aliphatic heterocycles. The lowest BCUT2D eigenvalue weighted by Crippen LogP contribution is -2.31. The lowest BCUT2D eigenvalue weighted by molar-refractivity contribution is 1.28. The lowest BCUT2D eigenvalue weighted by Gasteiger charge is -1.91. The van der Waals surface area contributed by atoms with Gasteiger partial charge in [0, 0.05) is 21.5 Å². The van der Waals surface area contributed by atoms with Crippen LogP contribution in [0.5, 0.6) is 0 Å². The van der Waals surface area contributed by atoms with Crippen molar-refractivity contribution in [2.24, 2.45) is 9.98 Å². The average Bonchev–Trinajstić information content (AvgIpc) is 3.76. The van der Waals surface area contributed by atoms with Gasteiger partial charge in [0.05, 0.1) is 21.1 Å². The van der Waals surface area contributed by atoms with Crippen molar-refractivity contribution in [2.45, 2.75) is 0 Å². The normalized spacial score (nSPS) is 12.0. The van der Waals surface area contributed by atoms with E-state index >= 15 is 0 Å². The second-order valence-electron chi connectivity index (χ2n) is 8.64. The van der Waals surface area contributed by atoms with Crippen molar-refractivity contribution in [1.82, 2.24) is 18.7 Å². The van der Waals surface area contributed by atoms with Crippen molar-refractivity contribution in [3.8, 4) is 0 Å². The van der Waals surface area contributed by atoms with Crippen LogP contribution in [0.3, 0.4) is 0 Å². The summed E-state index contributed by atoms with van der Waals surface area (Å²) in [6, 6.07) is 13.2. The van der Waals surface area contributed by atoms with Crippen LogP contribution in [0.4, 0.5) is 10.3 Å². The SMILES string of the molecule is O=c1c(=Nc2nc3c4nsnc4c4nc(N=c5c(=O)c6ccccc6c5=O)sc4c3s2)c(=O)c2ccccc12. The fourth-order valence-corrected chi connectivity index (χ4v) is 7.28. The Balaban J connectivity index is 1.41. The Morgan fingerprint density at radius 3 is 1.23 bits per heavy atom. The van der Waals surface area contributed by atoms with Crippen LogP contribution in [-0.4, -0.2) is 18.7 Å². The molecule has 10 nitrogen and oxygen atoms in total. The van der Waals surface area contributed by atoms with Crippen molar-refractivity contribution >= 4 is 97.7 Å². The second kappa shape index (κ2) is 7.89. The molecule has 0 saturated carbocycles. The summed E-state index contributed by atoms with van der Waals surface area (Å²) in [6.07, 6.45) is 0. The molecule has 3 heterocycles. The monoisotopic (exact) mass is 564 g/mol. The first-order valence-electron chi connectivity index (χ1n) is 11.4. The van der Waals surface area contributed by atoms with E-state index in [9.17, 15) is 19.2 Å². The maximum Gasteiger partial charge on any atom is 0.216 e. The summed E-state index contributed by atoms with van der Waals surface area (Å²) in [7, 11) is 0. The molecule has 0 fully saturated rings. The molecule has 8 rings (SSSR count). The Kier molecular flexibility index (Phi) is 4.51. The molecule has 0 unspecified atom stereocenters. The predicted octanol–water partition coefficient (Wildman–Crippen LogP) is 2.87. The Morgan fingerprint density at radius 2 is 0.872 bits per heavy atom. The van der Waals surface area contributed by atoms with E-state index in [1.807, 2.05) is 0 Å². The lowest BCUT2D eigenvalue weighted by atomic mass is 10.2. The van der Waals surface area contributed by atoms with E-state index in [0.29, 0.717) is 53.0 Å². The molecule has 3 aromatic heterocycles. The average molecular weight is 565 g/mol. The Hall–Kier alpha value is -4.72. The van der Waals surface area contributed by atoms with Gasteiger partial charge in [-0.1, -0.05) is 71.2 Å². The van der Waals surface area contributed by atoms with Crippen molar-refractivity contribution < 1.29 is 0 Å². The molecular weight excluding hydrogens is 557 g/mol. The van der Waals surface area contributed by atoms with E-state index in [1.165, 1.54) is 22.7 Å². The third-order valence-corrected chi connectivity index (χ3v) is 9.07. The van der Waals surface area contributed by atoms with Gasteiger partial charge in [-0.2, -0.15) is 8.75 Å². The molecule has 0 amide bonds. The third kappa shape index (κ3) is 3.05. The van der Waals surface area contributed by atoms with Gasteiger partial charge in [-0.05, 0) is 0 Å². The van der Waals surface area contributed by atoms with Crippen molar-refractivity contribution in [3.63, 3.8) is 0 Å². The highest BCUT2D eigenvalue weighted by Crippen LogP contribution is 2.43. The highest BCUT2D eigenvalue weighted by atomic mass is 32.1. The van der Waals surface area contributed by atoms with Crippen LogP contribution >= 0.6 is 34.4 Å². The minimum atomic E-state index is -0.441. The van der Waals surface area contributed by atoms with Gasteiger partial charge in [0.25, 0.3) is 0 Å². The Labute approximate surface area is 225 Å². The molecule has 39 heavy (non-hydrogen) atoms. The first-order valence-corrected chi connectivity index (χ1v) is 13.8. The molecule has 5 aromatic carbocycles. The van der Waals surface area contributed by atoms with Gasteiger partial charge in [-0.3, -0.25) is 19.2 Å². The van der Waals surface area contributed by atoms with E-state index in [0.717, 1.165) is 11.7 Å². The quantitative estimate of drug-likeness (QED) is 0.312. The number of fused-ring (bicyclic) bond motifs is 8. The molecular formula is C26H8N6O4S3. The number of rotatable bonds is 2. The van der Waals surface area contributed by atoms with Gasteiger partial charge >= 0.3 is 0 Å². The summed E-state index contributed by atoms with van der Waals surface area (Å²) in [6.45, 7) is 0. The zero-order valence-electron chi connectivity index (χ0n) is 19.2. The molecule has 8 aromatic rings. The molecule has 0 atom stereocenters. The summed E-state index contributed by atoms with van der Waals surface area (Å²) < 4.78 is 10.1. The topological polar surface area (TPSA) is 145 Å². The van der Waals surface area contributed by atoms with Crippen LogP contribution in [-0.2, 0) is 0 Å². The number of hydrogen-bond acceptors (Lipinski definition) is 13. The van der Waals surface area contributed by atoms with Crippen molar-refractivity contribution in [1.29, 1.82) is 0 Å². The first kappa shape index (κ1) is 22.3. The minimum absolute atomic E-state index is 0.187. The number of benzene rings is 3. The van der Waals surface area contributed by atoms with E-state index in [4.69, 9.17) is 0 Å². The summed E-state index contributed by atoms with van der Waals surface area (Å²) in [5.74, 6) is 0. The second-order valence-corrected chi connectivity index (χ2v) is 11.1. The molecule has 13 heteroatoms. The molecule has 0 bridgehead atoms. The van der Waals surface area contributed by atoms with Crippen LogP contribution in [0.25, 0.3) is 53.0 Å². The number of nitrogens with zero attached hydrogens (tertiary/aromatic N) is 6. The molecule has 0 radical (unpaired) electrons. The summed E-state index contributed by atoms with van der Waals surface area (Å²) >= 11 is 3.36. The van der Waals surface area contributed by atoms with Gasteiger partial charge in [-0.25, -0.2) is 20.0 Å². The minimum Gasteiger partial charge on any atom is -0.287 e. The molecule has 0 saturated heterocycles. The van der Waals surface area contributed by atoms with E-state index < -0.39 is 21.7 Å². The number of aromatic nitrogens is 4. The largest absolute Gasteiger partial charge is 0.287 e. The number of hydrogen-bond donors (Lipinski definition) is 0. The highest BCUT2D eigenvalue weighted by molar-refractivity contribution is 7.30. The maximum absolute atomic E-state index is 12.8. The van der Waals surface area contributed by atoms with Crippen LogP contribution in [0.2, 0.25) is 0 Å². The van der Waals surface area contributed by atoms with E-state index in [-0.39, 0.29) is 21.0 Å². The van der Waals surface area contributed by atoms with Gasteiger partial charge < -0.3 is 0 Å². The Morgan fingerprint density at radius 1 is 0.513 bits per heavy atom. The van der Waals surface area contributed by atoms with Crippen LogP contribution in [0.15, 0.2) is 77.7 Å². The van der Waals surface area contributed by atoms with E-state index in [1.54, 1.807) is 48.5 Å². The fraction of sp³-hybridized carbons (Fsp3) is 0. The first-order chi connectivity index (χ1) is 19.0. The smallest absolute Gasteiger partial charge is 0.216 e. The van der Waals surface area contributed by atoms with E-state index in [2.05, 4.69) is 28.7 Å². The van der Waals surface area contributed by atoms with Gasteiger partial charge in [0.2, 0.25) is 32.0 Å². The molecule has 0 aliphatic carbocycles. The molecule has 0 N–H and O–H groups in total. The van der Waals surface area contributed by atoms with Crippen molar-refractivity contribution in [2.75, 3.05) is 0 Å². The van der Waals surface area contributed by atoms with Crippen LogP contribution in [0, 0.1) is 0 Å². The van der Waals surface area contributed by atoms with Crippen LogP contribution < -0.4 is 32.4 Å². The highest BCUT2D eigenvalue weighted by Gasteiger charge is 2.21. The van der Waals surface area contributed by atoms with Crippen LogP contribution in [0.1, 0.15) is 0 Å². The summed E-state index contributed by atoms with van der Waals surface area (Å²) in [5, 5.41) is 1.34. The third-order valence-electron chi connectivity index (χ3n) is 6.48. The van der Waals surface area contributed by atoms with Gasteiger partial charge in [0.1, 0.15) is 22.1 Å². The number of thiazole rings is 2. The molecule has 184 valence electrons. The zero-order valence-corrected chi connectivity index (χ0v) is 21.6. The predicted molar refractivity (Wildman–Crippen MR) is 152 cm³/mol. The fourth-order valence-electron chi connectivity index (χ4n) is 4.71. The van der Waals surface area contributed by atoms with Gasteiger partial charge in [0.15, 0.2) is 10.7 Å². The molecule has 0 spiro atoms. The summed E-state index contributed by atoms with van der Waals surface area (Å²) in [4.78, 5) is 69.2. The summed E-state index contributed by atoms with van der Waals surface area (Å²) in [5.41, 5.74) is 0.256. The van der Waals surface area contributed by atoms with Gasteiger partial charge in [-0.15, -0.1) is 0 Å². The maximum atomic E-state index is 12.8. The van der Waals surface area contributed by atoms with Crippen molar-refractivity contribution in [3.05, 3.63) is 100 Å². The molecule has 0 aliphatic rings. The zero-order chi connectivity index (χ0) is 26.4.